The number of nitrogens with one attached hydrogen (secondary N) is 6. The largest absolute Gasteiger partial charge is 0.481 e. The summed E-state index contributed by atoms with van der Waals surface area (Å²) in [5.74, 6) is -12.9. The van der Waals surface area contributed by atoms with Crippen LogP contribution >= 0.6 is 0 Å². The zero-order valence-electron chi connectivity index (χ0n) is 36.1. The number of rotatable bonds is 27. The quantitative estimate of drug-likeness (QED) is 0.0260. The third kappa shape index (κ3) is 16.9. The van der Waals surface area contributed by atoms with E-state index in [0.717, 1.165) is 11.8 Å². The van der Waals surface area contributed by atoms with Crippen LogP contribution in [0.15, 0.2) is 12.7 Å². The lowest BCUT2D eigenvalue weighted by molar-refractivity contribution is -0.144. The number of carbonyl (C=O) groups is 12. The molecule has 23 heteroatoms. The summed E-state index contributed by atoms with van der Waals surface area (Å²) in [6.45, 7) is 12.5. The highest BCUT2D eigenvalue weighted by molar-refractivity contribution is 6.38. The van der Waals surface area contributed by atoms with Crippen LogP contribution in [-0.2, 0) is 57.5 Å². The number of urea groups is 1. The van der Waals surface area contributed by atoms with E-state index in [0.29, 0.717) is 11.3 Å². The lowest BCUT2D eigenvalue weighted by Gasteiger charge is -2.31. The van der Waals surface area contributed by atoms with Crippen molar-refractivity contribution < 1.29 is 72.5 Å². The van der Waals surface area contributed by atoms with E-state index in [1.807, 2.05) is 0 Å². The molecule has 1 aliphatic rings. The Labute approximate surface area is 358 Å². The Morgan fingerprint density at radius 3 is 1.77 bits per heavy atom. The molecule has 346 valence electrons. The molecule has 8 N–H and O–H groups in total. The molecule has 1 aliphatic heterocycles. The zero-order valence-corrected chi connectivity index (χ0v) is 36.1. The van der Waals surface area contributed by atoms with Crippen molar-refractivity contribution in [1.82, 2.24) is 41.7 Å². The maximum Gasteiger partial charge on any atom is 0.328 e. The Balaban J connectivity index is 3.53. The van der Waals surface area contributed by atoms with Gasteiger partial charge in [-0.3, -0.25) is 52.7 Å². The number of carbonyl (C=O) groups excluding carboxylic acids is 10. The molecule has 0 aromatic heterocycles. The van der Waals surface area contributed by atoms with Gasteiger partial charge in [-0.05, 0) is 38.0 Å². The number of Topliss-reactive ketones (excluding diaryl/α,β-unsaturated/α-hetero) is 1. The summed E-state index contributed by atoms with van der Waals surface area (Å²) in [6.07, 6.45) is -0.371. The second kappa shape index (κ2) is 26.0. The van der Waals surface area contributed by atoms with Gasteiger partial charge in [0.05, 0.1) is 19.2 Å². The first-order valence-corrected chi connectivity index (χ1v) is 20.1. The van der Waals surface area contributed by atoms with Crippen molar-refractivity contribution in [2.75, 3.05) is 26.2 Å². The van der Waals surface area contributed by atoms with Gasteiger partial charge in [-0.1, -0.05) is 47.1 Å². The Hall–Kier alpha value is -6.42. The first kappa shape index (κ1) is 53.6. The van der Waals surface area contributed by atoms with E-state index in [2.05, 4.69) is 38.5 Å². The number of amides is 9. The summed E-state index contributed by atoms with van der Waals surface area (Å²) in [6, 6.07) is -10.2. The summed E-state index contributed by atoms with van der Waals surface area (Å²) < 4.78 is 4.95. The van der Waals surface area contributed by atoms with Crippen molar-refractivity contribution in [2.45, 2.75) is 123 Å². The van der Waals surface area contributed by atoms with Crippen LogP contribution in [0.2, 0.25) is 0 Å². The molecule has 0 radical (unpaired) electrons. The number of imide groups is 1. The molecule has 23 nitrogen and oxygen atoms in total. The predicted octanol–water partition coefficient (Wildman–Crippen LogP) is -1.66. The first-order valence-electron chi connectivity index (χ1n) is 20.1. The van der Waals surface area contributed by atoms with Gasteiger partial charge in [-0.2, -0.15) is 0 Å². The average Bonchev–Trinajstić information content (AvgIpc) is 3.51. The van der Waals surface area contributed by atoms with Crippen LogP contribution in [0.5, 0.6) is 0 Å². The van der Waals surface area contributed by atoms with E-state index >= 15 is 0 Å². The van der Waals surface area contributed by atoms with Crippen LogP contribution < -0.4 is 31.9 Å². The number of hydrogen-bond acceptors (Lipinski definition) is 13. The van der Waals surface area contributed by atoms with Crippen LogP contribution in [0.1, 0.15) is 87.0 Å². The summed E-state index contributed by atoms with van der Waals surface area (Å²) in [7, 11) is 0. The SMILES string of the molecule is C=CCNC(=O)C(=O)C(CCC)NC(=O)[C@@H]1CN(CC(=O)OCC)C(=O)N1C(=O)[C@@H](NC(=O)[C@@H](NC(=O)[C@H](CCC(=O)O)NC(=O)[C@H](CCC(=O)O)NC(C)=O)C(C)C)C(C)C. The minimum atomic E-state index is -1.68. The van der Waals surface area contributed by atoms with Crippen LogP contribution in [0.3, 0.4) is 0 Å². The van der Waals surface area contributed by atoms with Crippen molar-refractivity contribution in [3.05, 3.63) is 12.7 Å². The monoisotopic (exact) mass is 880 g/mol. The molecule has 1 heterocycles. The summed E-state index contributed by atoms with van der Waals surface area (Å²) >= 11 is 0. The standard InChI is InChI=1S/C39H60N8O15/c1-9-12-23(32(54)37(59)40-17-10-2)42-35(57)26-18-46(19-29(53)62-11-3)39(61)47(26)38(60)31(21(6)7)45-36(58)30(20(4)5)44-34(56)25(14-16-28(51)52)43-33(55)24(41-22(8)48)13-15-27(49)50/h10,20-21,23-26,30-31H,2,9,11-19H2,1,3-8H3,(H,40,59)(H,41,48)(H,42,57)(H,43,55)(H,44,56)(H,45,58)(H,49,50)(H,51,52)/t23?,24-,25-,26-,30-,31-/m0/s1. The molecule has 1 saturated heterocycles. The molecule has 0 aromatic carbocycles. The normalized spacial score (nSPS) is 15.9. The molecule has 0 aliphatic carbocycles. The molecule has 0 saturated carbocycles. The molecule has 1 fully saturated rings. The van der Waals surface area contributed by atoms with E-state index in [-0.39, 0.29) is 26.0 Å². The van der Waals surface area contributed by atoms with Crippen molar-refractivity contribution in [1.29, 1.82) is 0 Å². The molecule has 9 amide bonds. The summed E-state index contributed by atoms with van der Waals surface area (Å²) in [5.41, 5.74) is 0. The van der Waals surface area contributed by atoms with Crippen molar-refractivity contribution >= 4 is 71.1 Å². The third-order valence-electron chi connectivity index (χ3n) is 9.29. The maximum absolute atomic E-state index is 14.4. The van der Waals surface area contributed by atoms with Gasteiger partial charge in [0.25, 0.3) is 11.8 Å². The number of carboxylic acid groups (broad SMARTS) is 2. The summed E-state index contributed by atoms with van der Waals surface area (Å²) in [4.78, 5) is 157. The van der Waals surface area contributed by atoms with Crippen molar-refractivity contribution in [3.8, 4) is 0 Å². The van der Waals surface area contributed by atoms with Gasteiger partial charge in [0.1, 0.15) is 36.8 Å². The lowest BCUT2D eigenvalue weighted by atomic mass is 9.98. The van der Waals surface area contributed by atoms with E-state index in [1.165, 1.54) is 40.7 Å². The molecule has 1 rings (SSSR count). The minimum Gasteiger partial charge on any atom is -0.481 e. The van der Waals surface area contributed by atoms with Crippen molar-refractivity contribution in [3.63, 3.8) is 0 Å². The maximum atomic E-state index is 14.4. The van der Waals surface area contributed by atoms with Crippen LogP contribution in [0.4, 0.5) is 4.79 Å². The van der Waals surface area contributed by atoms with Crippen LogP contribution in [-0.4, -0.2) is 154 Å². The number of nitrogens with zero attached hydrogens (tertiary/aromatic N) is 2. The number of ether oxygens (including phenoxy) is 1. The molecule has 62 heavy (non-hydrogen) atoms. The second-order valence-electron chi connectivity index (χ2n) is 15.0. The molecule has 0 aromatic rings. The third-order valence-corrected chi connectivity index (χ3v) is 9.29. The fraction of sp³-hybridized carbons (Fsp3) is 0.641. The fourth-order valence-corrected chi connectivity index (χ4v) is 6.12. The van der Waals surface area contributed by atoms with Gasteiger partial charge < -0.3 is 51.8 Å². The first-order chi connectivity index (χ1) is 29.0. The highest BCUT2D eigenvalue weighted by atomic mass is 16.5. The number of aliphatic carboxylic acids is 2. The van der Waals surface area contributed by atoms with E-state index in [1.54, 1.807) is 6.92 Å². The van der Waals surface area contributed by atoms with Gasteiger partial charge in [-0.25, -0.2) is 9.69 Å². The van der Waals surface area contributed by atoms with Gasteiger partial charge in [-0.15, -0.1) is 6.58 Å². The van der Waals surface area contributed by atoms with E-state index < -0.39 is 152 Å². The van der Waals surface area contributed by atoms with Gasteiger partial charge in [0, 0.05) is 26.3 Å². The molecule has 0 bridgehead atoms. The van der Waals surface area contributed by atoms with E-state index in [9.17, 15) is 62.6 Å². The van der Waals surface area contributed by atoms with Crippen LogP contribution in [0, 0.1) is 11.8 Å². The van der Waals surface area contributed by atoms with Gasteiger partial charge in [0.15, 0.2) is 0 Å². The van der Waals surface area contributed by atoms with Crippen LogP contribution in [0.25, 0.3) is 0 Å². The number of carboxylic acids is 2. The Kier molecular flexibility index (Phi) is 22.5. The number of ketones is 1. The topological polar surface area (TPSA) is 333 Å². The molecular formula is C39H60N8O15. The lowest BCUT2D eigenvalue weighted by Crippen LogP contribution is -2.62. The van der Waals surface area contributed by atoms with Gasteiger partial charge in [0.2, 0.25) is 35.3 Å². The smallest absolute Gasteiger partial charge is 0.328 e. The minimum absolute atomic E-state index is 0.00166. The van der Waals surface area contributed by atoms with Crippen molar-refractivity contribution in [2.24, 2.45) is 11.8 Å². The highest BCUT2D eigenvalue weighted by Gasteiger charge is 2.49. The Morgan fingerprint density at radius 2 is 1.29 bits per heavy atom. The van der Waals surface area contributed by atoms with E-state index in [4.69, 9.17) is 9.84 Å². The predicted molar refractivity (Wildman–Crippen MR) is 216 cm³/mol. The number of hydrogen-bond donors (Lipinski definition) is 8. The molecular weight excluding hydrogens is 820 g/mol. The molecule has 0 spiro atoms. The number of esters is 1. The Morgan fingerprint density at radius 1 is 0.758 bits per heavy atom. The average molecular weight is 881 g/mol. The second-order valence-corrected chi connectivity index (χ2v) is 15.0. The molecule has 6 atom stereocenters. The van der Waals surface area contributed by atoms with Gasteiger partial charge >= 0.3 is 23.9 Å². The zero-order chi connectivity index (χ0) is 47.4. The highest BCUT2D eigenvalue weighted by Crippen LogP contribution is 2.21. The Bertz CT molecular complexity index is 1720. The molecule has 1 unspecified atom stereocenters. The summed E-state index contributed by atoms with van der Waals surface area (Å²) in [5, 5.41) is 32.7. The fourth-order valence-electron chi connectivity index (χ4n) is 6.12.